The molecule has 18 heavy (non-hydrogen) atoms. The summed E-state index contributed by atoms with van der Waals surface area (Å²) in [5.74, 6) is -1.25. The monoisotopic (exact) mass is 247 g/mol. The van der Waals surface area contributed by atoms with Crippen LogP contribution in [0, 0.1) is 11.3 Å². The third-order valence-electron chi connectivity index (χ3n) is 2.80. The molecule has 0 spiro atoms. The molecule has 0 bridgehead atoms. The molecule has 0 aliphatic carbocycles. The quantitative estimate of drug-likeness (QED) is 0.751. The predicted molar refractivity (Wildman–Crippen MR) is 57.8 cm³/mol. The van der Waals surface area contributed by atoms with Gasteiger partial charge < -0.3 is 10.2 Å². The third-order valence-corrected chi connectivity index (χ3v) is 2.80. The Balaban J connectivity index is 2.51. The summed E-state index contributed by atoms with van der Waals surface area (Å²) in [6, 6.07) is 3.45. The summed E-state index contributed by atoms with van der Waals surface area (Å²) in [6.45, 7) is 0.0567. The normalized spacial score (nSPS) is 17.7. The third kappa shape index (κ3) is 1.84. The molecule has 2 heterocycles. The van der Waals surface area contributed by atoms with Crippen LogP contribution in [-0.2, 0) is 11.2 Å². The van der Waals surface area contributed by atoms with E-state index in [0.29, 0.717) is 17.7 Å². The molecule has 0 radical (unpaired) electrons. The Morgan fingerprint density at radius 3 is 2.72 bits per heavy atom. The minimum absolute atomic E-state index is 0.0567. The Kier molecular flexibility index (Phi) is 2.85. The number of hydrogen-bond donors (Lipinski definition) is 2. The number of carboxylic acid groups (broad SMARTS) is 2. The van der Waals surface area contributed by atoms with E-state index in [1.54, 1.807) is 0 Å². The highest BCUT2D eigenvalue weighted by atomic mass is 16.4. The minimum Gasteiger partial charge on any atom is -0.479 e. The molecule has 1 aliphatic heterocycles. The van der Waals surface area contributed by atoms with Crippen molar-refractivity contribution in [1.29, 1.82) is 5.26 Å². The summed E-state index contributed by atoms with van der Waals surface area (Å²) in [5, 5.41) is 26.8. The van der Waals surface area contributed by atoms with E-state index in [1.165, 1.54) is 12.1 Å². The Labute approximate surface area is 102 Å². The molecule has 2 N–H and O–H groups in total. The molecule has 1 atom stereocenters. The molecule has 1 amide bonds. The molecule has 92 valence electrons. The molecule has 7 heteroatoms. The second-order valence-electron chi connectivity index (χ2n) is 3.81. The Hall–Kier alpha value is -2.62. The van der Waals surface area contributed by atoms with Gasteiger partial charge in [0.1, 0.15) is 11.8 Å². The number of pyridine rings is 1. The average Bonchev–Trinajstić information content (AvgIpc) is 2.36. The summed E-state index contributed by atoms with van der Waals surface area (Å²) >= 11 is 0. The first-order valence-electron chi connectivity index (χ1n) is 5.17. The van der Waals surface area contributed by atoms with Crippen LogP contribution in [0.5, 0.6) is 0 Å². The number of nitriles is 1. The van der Waals surface area contributed by atoms with Crippen LogP contribution in [0.4, 0.5) is 4.79 Å². The minimum atomic E-state index is -1.28. The van der Waals surface area contributed by atoms with Gasteiger partial charge in [0, 0.05) is 24.2 Å². The smallest absolute Gasteiger partial charge is 0.408 e. The molecule has 0 fully saturated rings. The van der Waals surface area contributed by atoms with Crippen LogP contribution in [0.2, 0.25) is 0 Å². The summed E-state index contributed by atoms with van der Waals surface area (Å²) in [4.78, 5) is 27.1. The standard InChI is InChI=1S/C11H9N3O4/c12-5-6-1-2-7-8(13-6)3-4-14(11(17)18)9(7)10(15)16/h1-2,9H,3-4H2,(H,15,16)(H,17,18). The van der Waals surface area contributed by atoms with Gasteiger partial charge >= 0.3 is 12.1 Å². The number of nitrogens with zero attached hydrogens (tertiary/aromatic N) is 3. The van der Waals surface area contributed by atoms with Crippen LogP contribution in [0.15, 0.2) is 12.1 Å². The van der Waals surface area contributed by atoms with Crippen molar-refractivity contribution >= 4 is 12.1 Å². The Morgan fingerprint density at radius 1 is 1.44 bits per heavy atom. The topological polar surface area (TPSA) is 115 Å². The zero-order valence-electron chi connectivity index (χ0n) is 9.20. The SMILES string of the molecule is N#Cc1ccc2c(n1)CCN(C(=O)O)C2C(=O)O. The first kappa shape index (κ1) is 11.9. The molecule has 1 unspecified atom stereocenters. The number of amides is 1. The van der Waals surface area contributed by atoms with Gasteiger partial charge in [-0.3, -0.25) is 4.90 Å². The van der Waals surface area contributed by atoms with Crippen molar-refractivity contribution in [2.24, 2.45) is 0 Å². The molecule has 2 rings (SSSR count). The van der Waals surface area contributed by atoms with E-state index in [0.717, 1.165) is 4.90 Å². The average molecular weight is 247 g/mol. The van der Waals surface area contributed by atoms with E-state index >= 15 is 0 Å². The number of carboxylic acids is 1. The highest BCUT2D eigenvalue weighted by Crippen LogP contribution is 2.29. The zero-order chi connectivity index (χ0) is 13.3. The molecule has 1 aromatic rings. The number of fused-ring (bicyclic) bond motifs is 1. The molecular formula is C11H9N3O4. The first-order chi connectivity index (χ1) is 8.54. The zero-order valence-corrected chi connectivity index (χ0v) is 9.20. The Morgan fingerprint density at radius 2 is 2.17 bits per heavy atom. The van der Waals surface area contributed by atoms with E-state index in [4.69, 9.17) is 15.5 Å². The van der Waals surface area contributed by atoms with Crippen molar-refractivity contribution in [1.82, 2.24) is 9.88 Å². The maximum atomic E-state index is 11.2. The fourth-order valence-electron chi connectivity index (χ4n) is 2.02. The fraction of sp³-hybridized carbons (Fsp3) is 0.273. The maximum absolute atomic E-state index is 11.2. The van der Waals surface area contributed by atoms with E-state index in [2.05, 4.69) is 4.98 Å². The summed E-state index contributed by atoms with van der Waals surface area (Å²) in [5.41, 5.74) is 0.996. The highest BCUT2D eigenvalue weighted by molar-refractivity contribution is 5.81. The van der Waals surface area contributed by atoms with Crippen LogP contribution in [0.25, 0.3) is 0 Å². The lowest BCUT2D eigenvalue weighted by Crippen LogP contribution is -2.43. The largest absolute Gasteiger partial charge is 0.479 e. The van der Waals surface area contributed by atoms with Crippen LogP contribution >= 0.6 is 0 Å². The maximum Gasteiger partial charge on any atom is 0.408 e. The molecule has 0 aromatic carbocycles. The summed E-state index contributed by atoms with van der Waals surface area (Å²) in [6.07, 6.45) is -0.974. The second-order valence-corrected chi connectivity index (χ2v) is 3.81. The van der Waals surface area contributed by atoms with E-state index in [-0.39, 0.29) is 12.2 Å². The van der Waals surface area contributed by atoms with Crippen molar-refractivity contribution in [2.45, 2.75) is 12.5 Å². The van der Waals surface area contributed by atoms with Gasteiger partial charge in [0.05, 0.1) is 0 Å². The van der Waals surface area contributed by atoms with Gasteiger partial charge in [0.25, 0.3) is 0 Å². The molecule has 0 saturated carbocycles. The van der Waals surface area contributed by atoms with E-state index in [9.17, 15) is 9.59 Å². The molecule has 0 saturated heterocycles. The van der Waals surface area contributed by atoms with Crippen LogP contribution < -0.4 is 0 Å². The van der Waals surface area contributed by atoms with Gasteiger partial charge in [-0.15, -0.1) is 0 Å². The fourth-order valence-corrected chi connectivity index (χ4v) is 2.02. The van der Waals surface area contributed by atoms with Crippen LogP contribution in [-0.4, -0.2) is 38.7 Å². The molecule has 7 nitrogen and oxygen atoms in total. The van der Waals surface area contributed by atoms with Crippen LogP contribution in [0.3, 0.4) is 0 Å². The van der Waals surface area contributed by atoms with Crippen molar-refractivity contribution in [3.63, 3.8) is 0 Å². The number of hydrogen-bond acceptors (Lipinski definition) is 4. The van der Waals surface area contributed by atoms with E-state index < -0.39 is 18.1 Å². The number of aliphatic carboxylic acids is 1. The predicted octanol–water partition coefficient (Wildman–Crippen LogP) is 0.615. The highest BCUT2D eigenvalue weighted by Gasteiger charge is 2.36. The number of rotatable bonds is 1. The second kappa shape index (κ2) is 4.33. The summed E-state index contributed by atoms with van der Waals surface area (Å²) < 4.78 is 0. The molecular weight excluding hydrogens is 238 g/mol. The Bertz CT molecular complexity index is 564. The van der Waals surface area contributed by atoms with Crippen molar-refractivity contribution in [3.05, 3.63) is 29.1 Å². The van der Waals surface area contributed by atoms with Gasteiger partial charge in [-0.05, 0) is 6.07 Å². The van der Waals surface area contributed by atoms with Gasteiger partial charge in [-0.2, -0.15) is 5.26 Å². The summed E-state index contributed by atoms with van der Waals surface area (Å²) in [7, 11) is 0. The van der Waals surface area contributed by atoms with Crippen LogP contribution in [0.1, 0.15) is 23.0 Å². The van der Waals surface area contributed by atoms with Gasteiger partial charge in [0.2, 0.25) is 0 Å². The van der Waals surface area contributed by atoms with Gasteiger partial charge in [-0.1, -0.05) is 6.07 Å². The van der Waals surface area contributed by atoms with Crippen molar-refractivity contribution in [2.75, 3.05) is 6.54 Å². The van der Waals surface area contributed by atoms with Gasteiger partial charge in [0.15, 0.2) is 6.04 Å². The lowest BCUT2D eigenvalue weighted by atomic mass is 9.97. The lowest BCUT2D eigenvalue weighted by molar-refractivity contribution is -0.143. The van der Waals surface area contributed by atoms with Crippen molar-refractivity contribution < 1.29 is 19.8 Å². The van der Waals surface area contributed by atoms with Gasteiger partial charge in [-0.25, -0.2) is 14.6 Å². The molecule has 1 aliphatic rings. The van der Waals surface area contributed by atoms with Crippen molar-refractivity contribution in [3.8, 4) is 6.07 Å². The number of carbonyl (C=O) groups is 2. The number of aromatic nitrogens is 1. The molecule has 1 aromatic heterocycles. The lowest BCUT2D eigenvalue weighted by Gasteiger charge is -2.31. The first-order valence-corrected chi connectivity index (χ1v) is 5.17. The van der Waals surface area contributed by atoms with E-state index in [1.807, 2.05) is 6.07 Å².